The Kier molecular flexibility index (Phi) is 5.84. The summed E-state index contributed by atoms with van der Waals surface area (Å²) in [4.78, 5) is 26.4. The lowest BCUT2D eigenvalue weighted by Crippen LogP contribution is -2.36. The van der Waals surface area contributed by atoms with Crippen molar-refractivity contribution < 1.29 is 9.59 Å². The summed E-state index contributed by atoms with van der Waals surface area (Å²) in [6.07, 6.45) is 6.70. The van der Waals surface area contributed by atoms with Crippen LogP contribution in [-0.2, 0) is 16.0 Å². The second-order valence-electron chi connectivity index (χ2n) is 7.19. The molecule has 134 valence electrons. The van der Waals surface area contributed by atoms with E-state index < -0.39 is 0 Å². The maximum Gasteiger partial charge on any atom is 0.240 e. The molecule has 2 aliphatic rings. The average Bonchev–Trinajstić information content (AvgIpc) is 2.64. The highest BCUT2D eigenvalue weighted by Crippen LogP contribution is 2.27. The summed E-state index contributed by atoms with van der Waals surface area (Å²) >= 11 is 0. The van der Waals surface area contributed by atoms with Gasteiger partial charge in [-0.3, -0.25) is 9.59 Å². The number of carbonyl (C=O) groups excluding carboxylic acids is 2. The van der Waals surface area contributed by atoms with E-state index in [9.17, 15) is 9.59 Å². The van der Waals surface area contributed by atoms with Crippen LogP contribution in [0.25, 0.3) is 0 Å². The molecule has 5 heteroatoms. The Morgan fingerprint density at radius 1 is 1.20 bits per heavy atom. The van der Waals surface area contributed by atoms with E-state index in [4.69, 9.17) is 0 Å². The number of fused-ring (bicyclic) bond motifs is 1. The van der Waals surface area contributed by atoms with Gasteiger partial charge in [0.2, 0.25) is 11.8 Å². The van der Waals surface area contributed by atoms with Gasteiger partial charge in [0, 0.05) is 30.8 Å². The molecule has 0 bridgehead atoms. The minimum Gasteiger partial charge on any atom is -0.312 e. The van der Waals surface area contributed by atoms with Crippen LogP contribution < -0.4 is 10.3 Å². The van der Waals surface area contributed by atoms with Crippen LogP contribution in [0.3, 0.4) is 0 Å². The van der Waals surface area contributed by atoms with Gasteiger partial charge in [0.1, 0.15) is 0 Å². The largest absolute Gasteiger partial charge is 0.312 e. The second-order valence-corrected chi connectivity index (χ2v) is 7.19. The van der Waals surface area contributed by atoms with Gasteiger partial charge in [-0.1, -0.05) is 25.1 Å². The zero-order valence-corrected chi connectivity index (χ0v) is 15.0. The number of nitrogens with zero attached hydrogens (tertiary/aromatic N) is 2. The zero-order chi connectivity index (χ0) is 17.6. The molecule has 5 nitrogen and oxygen atoms in total. The van der Waals surface area contributed by atoms with E-state index in [2.05, 4.69) is 23.5 Å². The second kappa shape index (κ2) is 8.28. The van der Waals surface area contributed by atoms with Gasteiger partial charge in [-0.2, -0.15) is 5.10 Å². The minimum atomic E-state index is -0.177. The highest BCUT2D eigenvalue weighted by atomic mass is 16.2. The number of rotatable bonds is 4. The first kappa shape index (κ1) is 17.6. The van der Waals surface area contributed by atoms with Gasteiger partial charge < -0.3 is 4.90 Å². The number of amides is 2. The van der Waals surface area contributed by atoms with Crippen LogP contribution in [0.15, 0.2) is 29.4 Å². The maximum absolute atomic E-state index is 12.5. The first-order chi connectivity index (χ1) is 12.1. The quantitative estimate of drug-likeness (QED) is 0.853. The summed E-state index contributed by atoms with van der Waals surface area (Å²) in [6, 6.07) is 8.02. The first-order valence-electron chi connectivity index (χ1n) is 9.36. The molecule has 3 rings (SSSR count). The van der Waals surface area contributed by atoms with Crippen molar-refractivity contribution in [3.8, 4) is 0 Å². The summed E-state index contributed by atoms with van der Waals surface area (Å²) in [7, 11) is 0. The van der Waals surface area contributed by atoms with Crippen molar-refractivity contribution in [1.82, 2.24) is 5.43 Å². The summed E-state index contributed by atoms with van der Waals surface area (Å²) in [5, 5.41) is 4.25. The number of anilines is 1. The molecular formula is C20H27N3O2. The summed E-state index contributed by atoms with van der Waals surface area (Å²) in [5.41, 5.74) is 5.91. The Labute approximate surface area is 149 Å². The van der Waals surface area contributed by atoms with Crippen molar-refractivity contribution >= 4 is 23.2 Å². The number of carbonyl (C=O) groups is 2. The number of aryl methyl sites for hydroxylation is 1. The molecule has 1 aliphatic carbocycles. The lowest BCUT2D eigenvalue weighted by Gasteiger charge is -2.29. The number of hydrazone groups is 1. The molecule has 1 fully saturated rings. The molecule has 0 radical (unpaired) electrons. The normalized spacial score (nSPS) is 21.7. The molecule has 2 amide bonds. The monoisotopic (exact) mass is 341 g/mol. The lowest BCUT2D eigenvalue weighted by molar-refractivity contribution is -0.125. The average molecular weight is 341 g/mol. The predicted molar refractivity (Wildman–Crippen MR) is 99.6 cm³/mol. The SMILES string of the molecule is CC1CCC/C(=N/NC(=O)CCC(=O)N2CCCc3ccccc32)C1. The molecule has 1 aromatic carbocycles. The van der Waals surface area contributed by atoms with E-state index in [-0.39, 0.29) is 24.7 Å². The van der Waals surface area contributed by atoms with Crippen LogP contribution in [0.5, 0.6) is 0 Å². The van der Waals surface area contributed by atoms with Gasteiger partial charge in [0.15, 0.2) is 0 Å². The standard InChI is InChI=1S/C20H27N3O2/c1-15-6-4-9-17(14-15)21-22-19(24)11-12-20(25)23-13-5-8-16-7-2-3-10-18(16)23/h2-3,7,10,15H,4-6,8-9,11-14H2,1H3,(H,22,24)/b21-17-. The van der Waals surface area contributed by atoms with Crippen LogP contribution in [-0.4, -0.2) is 24.1 Å². The zero-order valence-electron chi connectivity index (χ0n) is 15.0. The van der Waals surface area contributed by atoms with Crippen molar-refractivity contribution in [3.63, 3.8) is 0 Å². The molecule has 1 heterocycles. The van der Waals surface area contributed by atoms with Crippen molar-refractivity contribution in [2.75, 3.05) is 11.4 Å². The van der Waals surface area contributed by atoms with Crippen molar-refractivity contribution in [3.05, 3.63) is 29.8 Å². The molecule has 0 saturated heterocycles. The highest BCUT2D eigenvalue weighted by Gasteiger charge is 2.22. The van der Waals surface area contributed by atoms with E-state index in [1.807, 2.05) is 23.1 Å². The molecule has 1 unspecified atom stereocenters. The number of para-hydroxylation sites is 1. The van der Waals surface area contributed by atoms with Gasteiger partial charge in [0.05, 0.1) is 0 Å². The fourth-order valence-electron chi connectivity index (χ4n) is 3.71. The molecule has 0 spiro atoms. The highest BCUT2D eigenvalue weighted by molar-refractivity contribution is 5.96. The maximum atomic E-state index is 12.5. The van der Waals surface area contributed by atoms with Crippen molar-refractivity contribution in [2.24, 2.45) is 11.0 Å². The Morgan fingerprint density at radius 2 is 2.04 bits per heavy atom. The molecule has 1 saturated carbocycles. The van der Waals surface area contributed by atoms with Gasteiger partial charge in [-0.05, 0) is 56.1 Å². The molecule has 25 heavy (non-hydrogen) atoms. The molecular weight excluding hydrogens is 314 g/mol. The summed E-state index contributed by atoms with van der Waals surface area (Å²) in [6.45, 7) is 2.95. The summed E-state index contributed by atoms with van der Waals surface area (Å²) < 4.78 is 0. The van der Waals surface area contributed by atoms with E-state index in [0.29, 0.717) is 5.92 Å². The van der Waals surface area contributed by atoms with Crippen LogP contribution in [0.1, 0.15) is 57.4 Å². The van der Waals surface area contributed by atoms with Crippen molar-refractivity contribution in [2.45, 2.75) is 58.3 Å². The van der Waals surface area contributed by atoms with E-state index >= 15 is 0 Å². The third-order valence-corrected chi connectivity index (χ3v) is 5.06. The van der Waals surface area contributed by atoms with E-state index in [1.54, 1.807) is 0 Å². The van der Waals surface area contributed by atoms with E-state index in [1.165, 1.54) is 12.0 Å². The predicted octanol–water partition coefficient (Wildman–Crippen LogP) is 3.43. The van der Waals surface area contributed by atoms with Crippen LogP contribution in [0, 0.1) is 5.92 Å². The van der Waals surface area contributed by atoms with Gasteiger partial charge in [-0.25, -0.2) is 5.43 Å². The number of benzene rings is 1. The summed E-state index contributed by atoms with van der Waals surface area (Å²) in [5.74, 6) is 0.482. The van der Waals surface area contributed by atoms with E-state index in [0.717, 1.165) is 50.0 Å². The lowest BCUT2D eigenvalue weighted by atomic mass is 9.89. The Morgan fingerprint density at radius 3 is 2.88 bits per heavy atom. The topological polar surface area (TPSA) is 61.8 Å². The van der Waals surface area contributed by atoms with Crippen LogP contribution in [0.4, 0.5) is 5.69 Å². The Hall–Kier alpha value is -2.17. The molecule has 1 aromatic rings. The van der Waals surface area contributed by atoms with Gasteiger partial charge >= 0.3 is 0 Å². The third-order valence-electron chi connectivity index (χ3n) is 5.06. The first-order valence-corrected chi connectivity index (χ1v) is 9.36. The molecule has 1 atom stereocenters. The Bertz CT molecular complexity index is 669. The van der Waals surface area contributed by atoms with Crippen molar-refractivity contribution in [1.29, 1.82) is 0 Å². The Balaban J connectivity index is 1.49. The smallest absolute Gasteiger partial charge is 0.240 e. The van der Waals surface area contributed by atoms with Crippen LogP contribution in [0.2, 0.25) is 0 Å². The third kappa shape index (κ3) is 4.68. The number of hydrogen-bond acceptors (Lipinski definition) is 3. The molecule has 1 N–H and O–H groups in total. The minimum absolute atomic E-state index is 0.0150. The van der Waals surface area contributed by atoms with Gasteiger partial charge in [0.25, 0.3) is 0 Å². The fourth-order valence-corrected chi connectivity index (χ4v) is 3.71. The molecule has 1 aliphatic heterocycles. The molecule has 0 aromatic heterocycles. The number of nitrogens with one attached hydrogen (secondary N) is 1. The number of hydrogen-bond donors (Lipinski definition) is 1. The fraction of sp³-hybridized carbons (Fsp3) is 0.550. The van der Waals surface area contributed by atoms with Crippen LogP contribution >= 0.6 is 0 Å². The van der Waals surface area contributed by atoms with Gasteiger partial charge in [-0.15, -0.1) is 0 Å².